The predicted octanol–water partition coefficient (Wildman–Crippen LogP) is 3.64. The van der Waals surface area contributed by atoms with Crippen molar-refractivity contribution < 1.29 is 71.8 Å². The Labute approximate surface area is 441 Å². The van der Waals surface area contributed by atoms with Crippen molar-refractivity contribution in [2.24, 2.45) is 29.4 Å². The number of nitrogens with zero attached hydrogens (tertiary/aromatic N) is 3. The zero-order chi connectivity index (χ0) is 55.2. The molecule has 1 heterocycles. The Bertz CT molecular complexity index is 1790. The Morgan fingerprint density at radius 3 is 1.78 bits per heavy atom. The fourth-order valence-corrected chi connectivity index (χ4v) is 9.09. The second-order valence-electron chi connectivity index (χ2n) is 19.9. The third-order valence-corrected chi connectivity index (χ3v) is 14.2. The Morgan fingerprint density at radius 1 is 0.784 bits per heavy atom. The van der Waals surface area contributed by atoms with Crippen LogP contribution in [0.2, 0.25) is 0 Å². The van der Waals surface area contributed by atoms with Crippen molar-refractivity contribution >= 4 is 35.4 Å². The smallest absolute Gasteiger partial charge is 0.326 e. The van der Waals surface area contributed by atoms with Crippen molar-refractivity contribution in [3.63, 3.8) is 0 Å². The molecular weight excluding hydrogens is 959 g/mol. The summed E-state index contributed by atoms with van der Waals surface area (Å²) in [7, 11) is 6.28. The Kier molecular flexibility index (Phi) is 32.1. The highest BCUT2D eigenvalue weighted by Gasteiger charge is 2.44. The molecule has 1 saturated heterocycles. The van der Waals surface area contributed by atoms with Crippen LogP contribution in [0.3, 0.4) is 0 Å². The van der Waals surface area contributed by atoms with Crippen LogP contribution in [0.1, 0.15) is 92.6 Å². The van der Waals surface area contributed by atoms with Crippen molar-refractivity contribution in [2.75, 3.05) is 121 Å². The number of nitrogens with one attached hydrogen (secondary N) is 1. The SMILES string of the molecule is CC[C@H](C)[C@@H]([C@@H](CC(=O)N1CCC[C@H]1[C@H](OC)[C@@H](C)C(=O)N[C@@H](Cc1ccccc1)C(=O)O)OC)N(C)C(=O)[C@@H](CC(=O)C(C)(C)N(C)C(=O)CCOCCOCCOCCOCCOCCOCCN)C(C)C. The van der Waals surface area contributed by atoms with Gasteiger partial charge in [-0.1, -0.05) is 71.4 Å². The standard InChI is InChI=1S/C54H93N5O15/c1-12-39(4)49(45(67-10)37-48(62)59-22-16-19-44(59)50(68-11)40(5)51(63)56-43(53(65)66)35-41-17-14-13-15-18-41)57(8)52(64)42(38(2)3)36-46(60)54(6,7)58(9)47(61)20-23-69-25-27-71-29-31-73-33-34-74-32-30-72-28-26-70-24-21-55/h13-15,17-18,38-40,42-45,49-50H,12,16,19-37,55H2,1-11H3,(H,56,63)(H,65,66)/t39-,40+,42-,43-,44-,45+,49-,50+/m0/s1. The number of carboxylic acid groups (broad SMARTS) is 1. The van der Waals surface area contributed by atoms with Crippen LogP contribution in [0.15, 0.2) is 30.3 Å². The first-order valence-electron chi connectivity index (χ1n) is 26.4. The van der Waals surface area contributed by atoms with Gasteiger partial charge in [-0.05, 0) is 44.1 Å². The number of ketones is 1. The Balaban J connectivity index is 1.95. The summed E-state index contributed by atoms with van der Waals surface area (Å²) < 4.78 is 44.8. The van der Waals surface area contributed by atoms with Crippen LogP contribution in [-0.4, -0.2) is 212 Å². The first-order valence-corrected chi connectivity index (χ1v) is 26.4. The molecule has 1 aromatic carbocycles. The van der Waals surface area contributed by atoms with E-state index in [1.807, 2.05) is 45.9 Å². The van der Waals surface area contributed by atoms with Crippen molar-refractivity contribution in [2.45, 2.75) is 129 Å². The first-order chi connectivity index (χ1) is 35.3. The molecule has 1 aromatic rings. The van der Waals surface area contributed by atoms with E-state index < -0.39 is 59.6 Å². The van der Waals surface area contributed by atoms with Gasteiger partial charge in [0.1, 0.15) is 6.04 Å². The molecule has 74 heavy (non-hydrogen) atoms. The van der Waals surface area contributed by atoms with Gasteiger partial charge in [0.25, 0.3) is 0 Å². The number of ether oxygens (including phenoxy) is 8. The molecule has 0 spiro atoms. The molecule has 4 amide bonds. The monoisotopic (exact) mass is 1050 g/mol. The van der Waals surface area contributed by atoms with Crippen LogP contribution < -0.4 is 11.1 Å². The lowest BCUT2D eigenvalue weighted by Crippen LogP contribution is -2.55. The maximum absolute atomic E-state index is 14.6. The predicted molar refractivity (Wildman–Crippen MR) is 279 cm³/mol. The number of Topliss-reactive ketones (excluding diaryl/α,β-unsaturated/α-hetero) is 1. The molecule has 0 unspecified atom stereocenters. The number of nitrogens with two attached hydrogens (primary N) is 1. The van der Waals surface area contributed by atoms with Crippen LogP contribution in [0.4, 0.5) is 0 Å². The van der Waals surface area contributed by atoms with Gasteiger partial charge in [-0.15, -0.1) is 0 Å². The maximum Gasteiger partial charge on any atom is 0.326 e. The number of amides is 4. The summed E-state index contributed by atoms with van der Waals surface area (Å²) in [6, 6.07) is 6.89. The van der Waals surface area contributed by atoms with Gasteiger partial charge >= 0.3 is 5.97 Å². The van der Waals surface area contributed by atoms with E-state index in [1.54, 1.807) is 56.8 Å². The number of carbonyl (C=O) groups is 6. The molecule has 2 rings (SSSR count). The van der Waals surface area contributed by atoms with Gasteiger partial charge in [0.15, 0.2) is 5.78 Å². The highest BCUT2D eigenvalue weighted by atomic mass is 16.6. The quantitative estimate of drug-likeness (QED) is 0.0793. The van der Waals surface area contributed by atoms with E-state index in [0.717, 1.165) is 5.56 Å². The second-order valence-corrected chi connectivity index (χ2v) is 19.9. The number of methoxy groups -OCH3 is 2. The van der Waals surface area contributed by atoms with Gasteiger partial charge in [0, 0.05) is 60.2 Å². The highest BCUT2D eigenvalue weighted by molar-refractivity contribution is 5.95. The topological polar surface area (TPSA) is 244 Å². The van der Waals surface area contributed by atoms with Crippen molar-refractivity contribution in [1.29, 1.82) is 0 Å². The fourth-order valence-electron chi connectivity index (χ4n) is 9.09. The number of hydrogen-bond donors (Lipinski definition) is 3. The number of likely N-dealkylation sites (N-methyl/N-ethyl adjacent to an activating group) is 2. The zero-order valence-corrected chi connectivity index (χ0v) is 46.5. The lowest BCUT2D eigenvalue weighted by atomic mass is 9.82. The van der Waals surface area contributed by atoms with E-state index in [1.165, 1.54) is 19.1 Å². The molecule has 0 radical (unpaired) electrons. The lowest BCUT2D eigenvalue weighted by molar-refractivity contribution is -0.151. The van der Waals surface area contributed by atoms with Gasteiger partial charge in [-0.25, -0.2) is 4.79 Å². The van der Waals surface area contributed by atoms with Crippen LogP contribution in [0.25, 0.3) is 0 Å². The summed E-state index contributed by atoms with van der Waals surface area (Å²) in [5.41, 5.74) is 4.90. The van der Waals surface area contributed by atoms with E-state index in [2.05, 4.69) is 5.32 Å². The summed E-state index contributed by atoms with van der Waals surface area (Å²) in [5, 5.41) is 12.6. The van der Waals surface area contributed by atoms with E-state index in [0.29, 0.717) is 98.4 Å². The third-order valence-electron chi connectivity index (χ3n) is 14.2. The van der Waals surface area contributed by atoms with Gasteiger partial charge < -0.3 is 68.8 Å². The number of likely N-dealkylation sites (tertiary alicyclic amines) is 1. The second kappa shape index (κ2) is 36.0. The van der Waals surface area contributed by atoms with E-state index in [4.69, 9.17) is 43.6 Å². The molecule has 424 valence electrons. The van der Waals surface area contributed by atoms with Gasteiger partial charge in [0.05, 0.1) is 128 Å². The number of rotatable bonds is 41. The van der Waals surface area contributed by atoms with Crippen LogP contribution in [0.5, 0.6) is 0 Å². The number of benzene rings is 1. The molecule has 20 heteroatoms. The molecule has 4 N–H and O–H groups in total. The van der Waals surface area contributed by atoms with Gasteiger partial charge in [-0.3, -0.25) is 24.0 Å². The summed E-state index contributed by atoms with van der Waals surface area (Å²) in [4.78, 5) is 87.0. The minimum absolute atomic E-state index is 0.0491. The minimum Gasteiger partial charge on any atom is -0.480 e. The van der Waals surface area contributed by atoms with E-state index in [9.17, 15) is 33.9 Å². The van der Waals surface area contributed by atoms with E-state index in [-0.39, 0.29) is 74.2 Å². The van der Waals surface area contributed by atoms with Crippen molar-refractivity contribution in [3.05, 3.63) is 35.9 Å². The normalized spacial score (nSPS) is 16.8. The molecule has 8 atom stereocenters. The molecule has 1 fully saturated rings. The van der Waals surface area contributed by atoms with Crippen LogP contribution in [0, 0.1) is 23.7 Å². The average Bonchev–Trinajstić information content (AvgIpc) is 3.87. The minimum atomic E-state index is -1.23. The molecule has 1 aliphatic rings. The number of carboxylic acids is 1. The highest BCUT2D eigenvalue weighted by Crippen LogP contribution is 2.31. The number of carbonyl (C=O) groups excluding carboxylic acids is 5. The molecule has 0 saturated carbocycles. The molecule has 0 bridgehead atoms. The summed E-state index contributed by atoms with van der Waals surface area (Å²) in [6.45, 7) is 18.6. The average molecular weight is 1050 g/mol. The summed E-state index contributed by atoms with van der Waals surface area (Å²) >= 11 is 0. The first kappa shape index (κ1) is 66.0. The molecule has 0 aromatic heterocycles. The van der Waals surface area contributed by atoms with Gasteiger partial charge in [-0.2, -0.15) is 0 Å². The summed E-state index contributed by atoms with van der Waals surface area (Å²) in [5.74, 6) is -4.56. The third kappa shape index (κ3) is 22.2. The number of hydrogen-bond acceptors (Lipinski definition) is 15. The zero-order valence-electron chi connectivity index (χ0n) is 46.5. The van der Waals surface area contributed by atoms with Crippen molar-refractivity contribution in [3.8, 4) is 0 Å². The Morgan fingerprint density at radius 2 is 1.31 bits per heavy atom. The molecule has 20 nitrogen and oxygen atoms in total. The van der Waals surface area contributed by atoms with Gasteiger partial charge in [0.2, 0.25) is 23.6 Å². The fraction of sp³-hybridized carbons (Fsp3) is 0.778. The molecule has 0 aliphatic carbocycles. The van der Waals surface area contributed by atoms with Crippen LogP contribution >= 0.6 is 0 Å². The number of aliphatic carboxylic acids is 1. The summed E-state index contributed by atoms with van der Waals surface area (Å²) in [6.07, 6.45) is 0.453. The van der Waals surface area contributed by atoms with E-state index >= 15 is 0 Å². The largest absolute Gasteiger partial charge is 0.480 e. The Hall–Kier alpha value is -4.12. The lowest BCUT2D eigenvalue weighted by Gasteiger charge is -2.41. The van der Waals surface area contributed by atoms with Crippen LogP contribution in [-0.2, 0) is 73.1 Å². The molecule has 1 aliphatic heterocycles. The molecular formula is C54H93N5O15. The van der Waals surface area contributed by atoms with Crippen molar-refractivity contribution in [1.82, 2.24) is 20.0 Å². The maximum atomic E-state index is 14.6.